The van der Waals surface area contributed by atoms with E-state index in [1.54, 1.807) is 20.8 Å². The zero-order valence-electron chi connectivity index (χ0n) is 11.7. The van der Waals surface area contributed by atoms with Crippen LogP contribution in [0.25, 0.3) is 0 Å². The molecule has 1 rings (SSSR count). The maximum absolute atomic E-state index is 13.6. The zero-order chi connectivity index (χ0) is 15.3. The van der Waals surface area contributed by atoms with Crippen molar-refractivity contribution >= 4 is 11.8 Å². The van der Waals surface area contributed by atoms with E-state index in [0.717, 1.165) is 12.1 Å². The van der Waals surface area contributed by atoms with Crippen molar-refractivity contribution in [1.29, 1.82) is 0 Å². The second kappa shape index (κ2) is 6.98. The Labute approximate surface area is 116 Å². The Kier molecular flexibility index (Phi) is 5.61. The number of likely N-dealkylation sites (N-methyl/N-ethyl adjacent to an activating group) is 1. The van der Waals surface area contributed by atoms with Crippen molar-refractivity contribution in [2.75, 3.05) is 13.1 Å². The van der Waals surface area contributed by atoms with Crippen LogP contribution in [0.15, 0.2) is 18.2 Å². The van der Waals surface area contributed by atoms with Crippen molar-refractivity contribution in [3.63, 3.8) is 0 Å². The van der Waals surface area contributed by atoms with E-state index in [4.69, 9.17) is 0 Å². The first-order chi connectivity index (χ1) is 9.35. The highest BCUT2D eigenvalue weighted by Crippen LogP contribution is 2.12. The lowest BCUT2D eigenvalue weighted by molar-refractivity contribution is -0.122. The Hall–Kier alpha value is -1.98. The van der Waals surface area contributed by atoms with Crippen LogP contribution >= 0.6 is 0 Å². The fraction of sp³-hybridized carbons (Fsp3) is 0.429. The number of benzene rings is 1. The van der Waals surface area contributed by atoms with E-state index in [0.29, 0.717) is 6.07 Å². The Morgan fingerprint density at radius 2 is 1.95 bits per heavy atom. The fourth-order valence-electron chi connectivity index (χ4n) is 1.70. The lowest BCUT2D eigenvalue weighted by Crippen LogP contribution is -2.42. The molecule has 1 N–H and O–H groups in total. The lowest BCUT2D eigenvalue weighted by atomic mass is 10.1. The van der Waals surface area contributed by atoms with Crippen LogP contribution in [0.3, 0.4) is 0 Å². The predicted octanol–water partition coefficient (Wildman–Crippen LogP) is 1.95. The number of nitrogens with zero attached hydrogens (tertiary/aromatic N) is 1. The summed E-state index contributed by atoms with van der Waals surface area (Å²) < 4.78 is 26.4. The number of rotatable bonds is 5. The number of amides is 2. The van der Waals surface area contributed by atoms with Crippen LogP contribution in [0.4, 0.5) is 8.78 Å². The molecule has 0 saturated carbocycles. The van der Waals surface area contributed by atoms with Gasteiger partial charge in [0, 0.05) is 18.7 Å². The number of carbonyl (C=O) groups is 2. The molecule has 0 heterocycles. The molecule has 0 saturated heterocycles. The first kappa shape index (κ1) is 16.1. The summed E-state index contributed by atoms with van der Waals surface area (Å²) in [6.07, 6.45) is 0. The van der Waals surface area contributed by atoms with Gasteiger partial charge >= 0.3 is 0 Å². The van der Waals surface area contributed by atoms with Gasteiger partial charge in [0.1, 0.15) is 11.6 Å². The van der Waals surface area contributed by atoms with Crippen LogP contribution in [-0.4, -0.2) is 35.8 Å². The summed E-state index contributed by atoms with van der Waals surface area (Å²) in [5, 5.41) is 2.65. The summed E-state index contributed by atoms with van der Waals surface area (Å²) in [6.45, 7) is 5.37. The van der Waals surface area contributed by atoms with Crippen LogP contribution in [0, 0.1) is 11.6 Å². The van der Waals surface area contributed by atoms with Gasteiger partial charge in [0.05, 0.1) is 12.1 Å². The lowest BCUT2D eigenvalue weighted by Gasteiger charge is -2.21. The SMILES string of the molecule is CCN(CC(=O)NC(C)C)C(=O)c1ccc(F)cc1F. The van der Waals surface area contributed by atoms with E-state index >= 15 is 0 Å². The van der Waals surface area contributed by atoms with E-state index in [-0.39, 0.29) is 30.6 Å². The van der Waals surface area contributed by atoms with Gasteiger partial charge in [-0.05, 0) is 32.9 Å². The van der Waals surface area contributed by atoms with Gasteiger partial charge < -0.3 is 10.2 Å². The summed E-state index contributed by atoms with van der Waals surface area (Å²) >= 11 is 0. The van der Waals surface area contributed by atoms with Crippen LogP contribution < -0.4 is 5.32 Å². The molecule has 0 bridgehead atoms. The van der Waals surface area contributed by atoms with Crippen molar-refractivity contribution in [1.82, 2.24) is 10.2 Å². The van der Waals surface area contributed by atoms with Gasteiger partial charge in [0.25, 0.3) is 5.91 Å². The molecule has 20 heavy (non-hydrogen) atoms. The Balaban J connectivity index is 2.84. The Morgan fingerprint density at radius 3 is 2.45 bits per heavy atom. The summed E-state index contributed by atoms with van der Waals surface area (Å²) in [4.78, 5) is 25.0. The third-order valence-electron chi connectivity index (χ3n) is 2.61. The number of nitrogens with one attached hydrogen (secondary N) is 1. The average molecular weight is 284 g/mol. The Morgan fingerprint density at radius 1 is 1.30 bits per heavy atom. The first-order valence-corrected chi connectivity index (χ1v) is 6.38. The summed E-state index contributed by atoms with van der Waals surface area (Å²) in [7, 11) is 0. The van der Waals surface area contributed by atoms with Gasteiger partial charge in [-0.2, -0.15) is 0 Å². The monoisotopic (exact) mass is 284 g/mol. The van der Waals surface area contributed by atoms with E-state index in [1.165, 1.54) is 4.90 Å². The highest BCUT2D eigenvalue weighted by atomic mass is 19.1. The fourth-order valence-corrected chi connectivity index (χ4v) is 1.70. The highest BCUT2D eigenvalue weighted by Gasteiger charge is 2.20. The van der Waals surface area contributed by atoms with Gasteiger partial charge in [0.2, 0.25) is 5.91 Å². The molecule has 0 radical (unpaired) electrons. The molecule has 0 aliphatic heterocycles. The maximum Gasteiger partial charge on any atom is 0.257 e. The minimum Gasteiger partial charge on any atom is -0.352 e. The summed E-state index contributed by atoms with van der Waals surface area (Å²) in [5.74, 6) is -2.64. The molecule has 110 valence electrons. The topological polar surface area (TPSA) is 49.4 Å². The van der Waals surface area contributed by atoms with E-state index in [9.17, 15) is 18.4 Å². The molecular weight excluding hydrogens is 266 g/mol. The van der Waals surface area contributed by atoms with Crippen molar-refractivity contribution in [2.24, 2.45) is 0 Å². The van der Waals surface area contributed by atoms with Gasteiger partial charge in [-0.3, -0.25) is 9.59 Å². The van der Waals surface area contributed by atoms with Crippen molar-refractivity contribution < 1.29 is 18.4 Å². The average Bonchev–Trinajstić information content (AvgIpc) is 2.34. The smallest absolute Gasteiger partial charge is 0.257 e. The molecule has 0 spiro atoms. The van der Waals surface area contributed by atoms with Crippen molar-refractivity contribution in [2.45, 2.75) is 26.8 Å². The van der Waals surface area contributed by atoms with Crippen LogP contribution in [-0.2, 0) is 4.79 Å². The minimum absolute atomic E-state index is 0.0427. The molecular formula is C14H18F2N2O2. The standard InChI is InChI=1S/C14H18F2N2O2/c1-4-18(8-13(19)17-9(2)3)14(20)11-6-5-10(15)7-12(11)16/h5-7,9H,4,8H2,1-3H3,(H,17,19). The second-order valence-electron chi connectivity index (χ2n) is 4.67. The minimum atomic E-state index is -0.933. The molecule has 1 aromatic rings. The molecule has 0 aliphatic carbocycles. The summed E-state index contributed by atoms with van der Waals surface area (Å²) in [5.41, 5.74) is -0.245. The van der Waals surface area contributed by atoms with E-state index in [2.05, 4.69) is 5.32 Å². The largest absolute Gasteiger partial charge is 0.352 e. The molecule has 0 aromatic heterocycles. The number of carbonyl (C=O) groups excluding carboxylic acids is 2. The normalized spacial score (nSPS) is 10.5. The molecule has 2 amide bonds. The Bertz CT molecular complexity index is 504. The van der Waals surface area contributed by atoms with Crippen molar-refractivity contribution in [3.8, 4) is 0 Å². The summed E-state index contributed by atoms with van der Waals surface area (Å²) in [6, 6.07) is 2.70. The third kappa shape index (κ3) is 4.29. The van der Waals surface area contributed by atoms with Crippen LogP contribution in [0.5, 0.6) is 0 Å². The highest BCUT2D eigenvalue weighted by molar-refractivity contribution is 5.96. The first-order valence-electron chi connectivity index (χ1n) is 6.38. The van der Waals surface area contributed by atoms with Gasteiger partial charge in [-0.1, -0.05) is 0 Å². The van der Waals surface area contributed by atoms with Crippen LogP contribution in [0.2, 0.25) is 0 Å². The molecule has 0 atom stereocenters. The zero-order valence-corrected chi connectivity index (χ0v) is 11.7. The van der Waals surface area contributed by atoms with Gasteiger partial charge in [-0.25, -0.2) is 8.78 Å². The van der Waals surface area contributed by atoms with E-state index < -0.39 is 17.5 Å². The molecule has 0 aliphatic rings. The predicted molar refractivity (Wildman–Crippen MR) is 71.2 cm³/mol. The number of hydrogen-bond acceptors (Lipinski definition) is 2. The molecule has 1 aromatic carbocycles. The third-order valence-corrected chi connectivity index (χ3v) is 2.61. The quantitative estimate of drug-likeness (QED) is 0.898. The number of hydrogen-bond donors (Lipinski definition) is 1. The van der Waals surface area contributed by atoms with Gasteiger partial charge in [0.15, 0.2) is 0 Å². The molecule has 6 heteroatoms. The number of halogens is 2. The van der Waals surface area contributed by atoms with E-state index in [1.807, 2.05) is 0 Å². The van der Waals surface area contributed by atoms with Crippen molar-refractivity contribution in [3.05, 3.63) is 35.4 Å². The molecule has 0 fully saturated rings. The van der Waals surface area contributed by atoms with Gasteiger partial charge in [-0.15, -0.1) is 0 Å². The maximum atomic E-state index is 13.6. The van der Waals surface area contributed by atoms with Crippen LogP contribution in [0.1, 0.15) is 31.1 Å². The molecule has 4 nitrogen and oxygen atoms in total. The second-order valence-corrected chi connectivity index (χ2v) is 4.67. The molecule has 0 unspecified atom stereocenters.